The van der Waals surface area contributed by atoms with Crippen molar-refractivity contribution in [1.82, 2.24) is 4.57 Å². The fraction of sp³-hybridized carbons (Fsp3) is 0.310. The number of halogens is 1. The highest BCUT2D eigenvalue weighted by Crippen LogP contribution is 2.37. The van der Waals surface area contributed by atoms with E-state index in [9.17, 15) is 9.59 Å². The predicted octanol–water partition coefficient (Wildman–Crippen LogP) is 3.88. The van der Waals surface area contributed by atoms with Gasteiger partial charge >= 0.3 is 5.97 Å². The maximum absolute atomic E-state index is 13.9. The fourth-order valence-corrected chi connectivity index (χ4v) is 5.86. The van der Waals surface area contributed by atoms with Crippen molar-refractivity contribution in [2.45, 2.75) is 26.8 Å². The normalized spacial score (nSPS) is 14.3. The first-order valence-corrected chi connectivity index (χ1v) is 14.4. The molecule has 0 amide bonds. The second-order valence-corrected chi connectivity index (χ2v) is 10.3. The Hall–Kier alpha value is -4.08. The summed E-state index contributed by atoms with van der Waals surface area (Å²) in [7, 11) is 1.28. The number of benzene rings is 2. The average molecular weight is 643 g/mol. The molecule has 1 atom stereocenters. The number of carbonyl (C=O) groups is 1. The lowest BCUT2D eigenvalue weighted by atomic mass is 9.97. The van der Waals surface area contributed by atoms with Crippen molar-refractivity contribution in [1.29, 1.82) is 5.26 Å². The highest BCUT2D eigenvalue weighted by molar-refractivity contribution is 9.10. The second-order valence-electron chi connectivity index (χ2n) is 8.46. The minimum Gasteiger partial charge on any atom is -0.490 e. The van der Waals surface area contributed by atoms with Crippen LogP contribution in [0, 0.1) is 11.3 Å². The van der Waals surface area contributed by atoms with E-state index in [0.717, 1.165) is 0 Å². The summed E-state index contributed by atoms with van der Waals surface area (Å²) in [4.78, 5) is 31.5. The molecule has 2 aromatic carbocycles. The zero-order valence-corrected chi connectivity index (χ0v) is 25.3. The molecule has 10 nitrogen and oxygen atoms in total. The molecule has 2 heterocycles. The van der Waals surface area contributed by atoms with Gasteiger partial charge in [-0.3, -0.25) is 9.36 Å². The molecule has 1 aliphatic rings. The number of carbonyl (C=O) groups excluding carboxylic acids is 1. The van der Waals surface area contributed by atoms with Crippen molar-refractivity contribution in [3.05, 3.63) is 77.4 Å². The van der Waals surface area contributed by atoms with Gasteiger partial charge in [0.25, 0.3) is 5.56 Å². The summed E-state index contributed by atoms with van der Waals surface area (Å²) < 4.78 is 30.2. The standard InChI is InChI=1S/C29H28BrN3O7S/c1-5-37-21-9-8-18(15-22(21)38-6-2)25-19(28(35)36-4)16-32-29-33(25)27(34)24(41-29)14-17-12-20(30)26(40-11-10-31)23(13-17)39-7-3/h8-9,12-16,25H,5-7,11H2,1-4H3/b24-14-/t25-/m0/s1. The molecule has 0 N–H and O–H groups in total. The minimum atomic E-state index is -0.803. The van der Waals surface area contributed by atoms with Crippen LogP contribution in [-0.2, 0) is 9.53 Å². The summed E-state index contributed by atoms with van der Waals surface area (Å²) in [6.45, 7) is 6.67. The smallest absolute Gasteiger partial charge is 0.337 e. The maximum atomic E-state index is 13.9. The second kappa shape index (κ2) is 13.5. The first-order chi connectivity index (χ1) is 19.9. The molecule has 0 aliphatic carbocycles. The molecule has 0 saturated carbocycles. The number of esters is 1. The van der Waals surface area contributed by atoms with Gasteiger partial charge in [0.1, 0.15) is 6.07 Å². The van der Waals surface area contributed by atoms with Gasteiger partial charge in [-0.25, -0.2) is 9.79 Å². The van der Waals surface area contributed by atoms with Crippen LogP contribution in [0.25, 0.3) is 6.08 Å². The molecule has 41 heavy (non-hydrogen) atoms. The molecular formula is C29H28BrN3O7S. The Morgan fingerprint density at radius 3 is 2.46 bits per heavy atom. The molecule has 12 heteroatoms. The third-order valence-electron chi connectivity index (χ3n) is 5.92. The highest BCUT2D eigenvalue weighted by atomic mass is 79.9. The Labute approximate surface area is 248 Å². The molecule has 4 rings (SSSR count). The quantitative estimate of drug-likeness (QED) is 0.289. The van der Waals surface area contributed by atoms with Crippen molar-refractivity contribution in [3.8, 4) is 29.1 Å². The van der Waals surface area contributed by atoms with E-state index in [4.69, 9.17) is 28.9 Å². The van der Waals surface area contributed by atoms with Crippen molar-refractivity contribution >= 4 is 39.3 Å². The van der Waals surface area contributed by atoms with Crippen LogP contribution in [0.2, 0.25) is 0 Å². The van der Waals surface area contributed by atoms with Gasteiger partial charge in [-0.1, -0.05) is 17.4 Å². The summed E-state index contributed by atoms with van der Waals surface area (Å²) in [5.74, 6) is 1.29. The summed E-state index contributed by atoms with van der Waals surface area (Å²) in [6.07, 6.45) is 3.15. The molecule has 1 aliphatic heterocycles. The third-order valence-corrected chi connectivity index (χ3v) is 7.50. The number of thiazole rings is 1. The number of hydrogen-bond acceptors (Lipinski definition) is 10. The Morgan fingerprint density at radius 2 is 1.78 bits per heavy atom. The lowest BCUT2D eigenvalue weighted by molar-refractivity contribution is -0.136. The largest absolute Gasteiger partial charge is 0.490 e. The van der Waals surface area contributed by atoms with Gasteiger partial charge in [-0.15, -0.1) is 0 Å². The summed E-state index contributed by atoms with van der Waals surface area (Å²) in [6, 6.07) is 9.97. The molecule has 0 radical (unpaired) electrons. The molecule has 0 bridgehead atoms. The van der Waals surface area contributed by atoms with Crippen molar-refractivity contribution in [2.75, 3.05) is 33.5 Å². The van der Waals surface area contributed by atoms with E-state index in [1.54, 1.807) is 36.4 Å². The van der Waals surface area contributed by atoms with Crippen molar-refractivity contribution < 1.29 is 28.5 Å². The fourth-order valence-electron chi connectivity index (χ4n) is 4.32. The van der Waals surface area contributed by atoms with Gasteiger partial charge in [0.05, 0.1) is 47.6 Å². The minimum absolute atomic E-state index is 0.143. The molecular weight excluding hydrogens is 614 g/mol. The Balaban J connectivity index is 1.88. The number of aromatic nitrogens is 1. The first kappa shape index (κ1) is 29.9. The summed E-state index contributed by atoms with van der Waals surface area (Å²) in [5.41, 5.74) is 1.17. The van der Waals surface area contributed by atoms with Crippen LogP contribution in [0.4, 0.5) is 0 Å². The number of fused-ring (bicyclic) bond motifs is 1. The van der Waals surface area contributed by atoms with E-state index in [1.807, 2.05) is 26.8 Å². The monoisotopic (exact) mass is 641 g/mol. The number of methoxy groups -OCH3 is 1. The zero-order valence-electron chi connectivity index (χ0n) is 22.9. The molecule has 0 fully saturated rings. The van der Waals surface area contributed by atoms with E-state index >= 15 is 0 Å². The lowest BCUT2D eigenvalue weighted by Gasteiger charge is -2.23. The van der Waals surface area contributed by atoms with Crippen molar-refractivity contribution in [3.63, 3.8) is 0 Å². The molecule has 3 aromatic rings. The van der Waals surface area contributed by atoms with Crippen LogP contribution < -0.4 is 33.8 Å². The Kier molecular flexibility index (Phi) is 9.86. The van der Waals surface area contributed by atoms with Crippen LogP contribution in [0.3, 0.4) is 0 Å². The van der Waals surface area contributed by atoms with Gasteiger partial charge < -0.3 is 23.7 Å². The number of ether oxygens (including phenoxy) is 5. The number of nitrogens with zero attached hydrogens (tertiary/aromatic N) is 3. The topological polar surface area (TPSA) is 121 Å². The highest BCUT2D eigenvalue weighted by Gasteiger charge is 2.31. The third kappa shape index (κ3) is 6.31. The van der Waals surface area contributed by atoms with Gasteiger partial charge in [-0.2, -0.15) is 5.26 Å². The first-order valence-electron chi connectivity index (χ1n) is 12.8. The van der Waals surface area contributed by atoms with Gasteiger partial charge in [0, 0.05) is 6.20 Å². The van der Waals surface area contributed by atoms with Crippen LogP contribution >= 0.6 is 27.3 Å². The number of rotatable bonds is 11. The van der Waals surface area contributed by atoms with Crippen LogP contribution in [0.1, 0.15) is 37.9 Å². The van der Waals surface area contributed by atoms with E-state index in [0.29, 0.717) is 67.8 Å². The molecule has 0 saturated heterocycles. The van der Waals surface area contributed by atoms with Crippen LogP contribution in [0.15, 0.2) is 56.4 Å². The van der Waals surface area contributed by atoms with Gasteiger partial charge in [0.15, 0.2) is 34.4 Å². The van der Waals surface area contributed by atoms with Gasteiger partial charge in [0.2, 0.25) is 0 Å². The van der Waals surface area contributed by atoms with E-state index in [2.05, 4.69) is 20.9 Å². The maximum Gasteiger partial charge on any atom is 0.337 e. The van der Waals surface area contributed by atoms with E-state index in [1.165, 1.54) is 29.2 Å². The van der Waals surface area contributed by atoms with Crippen LogP contribution in [-0.4, -0.2) is 44.1 Å². The average Bonchev–Trinajstić information content (AvgIpc) is 3.27. The number of nitriles is 1. The summed E-state index contributed by atoms with van der Waals surface area (Å²) >= 11 is 4.67. The molecule has 0 spiro atoms. The van der Waals surface area contributed by atoms with E-state index < -0.39 is 12.0 Å². The molecule has 0 unspecified atom stereocenters. The summed E-state index contributed by atoms with van der Waals surface area (Å²) in [5, 5.41) is 8.92. The SMILES string of the molecule is CCOc1ccc([C@H]2C(C(=O)OC)=CN=c3s/c(=C\c4cc(Br)c(OCC#N)c(OCC)c4)c(=O)n32)cc1OCC. The Bertz CT molecular complexity index is 1700. The zero-order chi connectivity index (χ0) is 29.5. The van der Waals surface area contributed by atoms with Crippen molar-refractivity contribution in [2.24, 2.45) is 4.99 Å². The predicted molar refractivity (Wildman–Crippen MR) is 156 cm³/mol. The van der Waals surface area contributed by atoms with Gasteiger partial charge in [-0.05, 0) is 78.2 Å². The molecule has 1 aromatic heterocycles. The Morgan fingerprint density at radius 1 is 1.07 bits per heavy atom. The molecule has 214 valence electrons. The lowest BCUT2D eigenvalue weighted by Crippen LogP contribution is -2.39. The number of hydrogen-bond donors (Lipinski definition) is 0. The van der Waals surface area contributed by atoms with Crippen LogP contribution in [0.5, 0.6) is 23.0 Å². The van der Waals surface area contributed by atoms with E-state index in [-0.39, 0.29) is 17.7 Å².